The van der Waals surface area contributed by atoms with Gasteiger partial charge in [-0.25, -0.2) is 4.39 Å². The maximum absolute atomic E-state index is 12.7. The fourth-order valence-corrected chi connectivity index (χ4v) is 0.795. The molecule has 0 aliphatic heterocycles. The van der Waals surface area contributed by atoms with Crippen molar-refractivity contribution < 1.29 is 5.82 Å². The first kappa shape index (κ1) is 7.06. The van der Waals surface area contributed by atoms with Crippen LogP contribution in [0.15, 0.2) is 24.3 Å². The minimum absolute atomic E-state index is 0. The van der Waals surface area contributed by atoms with E-state index < -0.39 is 0 Å². The average molecular weight is 141 g/mol. The molecule has 0 fully saturated rings. The minimum atomic E-state index is -0.190. The lowest BCUT2D eigenvalue weighted by Gasteiger charge is -2.01. The van der Waals surface area contributed by atoms with Crippen LogP contribution in [-0.2, 0) is 0 Å². The molecule has 0 saturated heterocycles. The number of anilines is 1. The predicted octanol–water partition coefficient (Wildman–Crippen LogP) is 2.50. The van der Waals surface area contributed by atoms with E-state index in [1.807, 2.05) is 6.92 Å². The zero-order valence-electron chi connectivity index (χ0n) is 5.89. The second kappa shape index (κ2) is 3.20. The van der Waals surface area contributed by atoms with E-state index >= 15 is 0 Å². The fraction of sp³-hybridized carbons (Fsp3) is 0.250. The van der Waals surface area contributed by atoms with Gasteiger partial charge in [0.1, 0.15) is 5.82 Å². The Bertz CT molecular complexity index is 215. The molecule has 1 aromatic carbocycles. The second-order valence-corrected chi connectivity index (χ2v) is 2.01. The first-order chi connectivity index (χ1) is 4.84. The van der Waals surface area contributed by atoms with Crippen LogP contribution in [0.3, 0.4) is 0 Å². The highest BCUT2D eigenvalue weighted by Crippen LogP contribution is 2.10. The van der Waals surface area contributed by atoms with E-state index in [0.29, 0.717) is 5.69 Å². The Morgan fingerprint density at radius 1 is 1.50 bits per heavy atom. The van der Waals surface area contributed by atoms with Crippen molar-refractivity contribution >= 4 is 5.69 Å². The van der Waals surface area contributed by atoms with Gasteiger partial charge in [0.05, 0.1) is 5.69 Å². The summed E-state index contributed by atoms with van der Waals surface area (Å²) in [5.41, 5.74) is 0.574. The summed E-state index contributed by atoms with van der Waals surface area (Å²) in [7, 11) is 0. The molecule has 0 amide bonds. The van der Waals surface area contributed by atoms with Crippen molar-refractivity contribution in [3.05, 3.63) is 30.1 Å². The number of hydrogen-bond acceptors (Lipinski definition) is 1. The molecule has 0 aliphatic carbocycles. The number of nitrogens with one attached hydrogen (secondary N) is 1. The zero-order valence-corrected chi connectivity index (χ0v) is 5.89. The van der Waals surface area contributed by atoms with Crippen molar-refractivity contribution in [3.8, 4) is 0 Å². The monoisotopic (exact) mass is 141 g/mol. The molecule has 0 saturated carbocycles. The summed E-state index contributed by atoms with van der Waals surface area (Å²) < 4.78 is 12.7. The summed E-state index contributed by atoms with van der Waals surface area (Å²) in [6.45, 7) is 2.69. The van der Waals surface area contributed by atoms with E-state index in [1.54, 1.807) is 18.2 Å². The number of rotatable bonds is 2. The normalized spacial score (nSPS) is 9.40. The van der Waals surface area contributed by atoms with E-state index in [9.17, 15) is 4.39 Å². The van der Waals surface area contributed by atoms with Gasteiger partial charge < -0.3 is 5.32 Å². The summed E-state index contributed by atoms with van der Waals surface area (Å²) in [6, 6.07) is 6.65. The van der Waals surface area contributed by atoms with Crippen molar-refractivity contribution in [2.75, 3.05) is 11.9 Å². The summed E-state index contributed by atoms with van der Waals surface area (Å²) in [6.07, 6.45) is 0. The molecule has 1 rings (SSSR count). The van der Waals surface area contributed by atoms with Crippen LogP contribution in [0.25, 0.3) is 0 Å². The Balaban J connectivity index is 0.000001000. The highest BCUT2D eigenvalue weighted by atomic mass is 19.1. The third-order valence-electron chi connectivity index (χ3n) is 1.24. The van der Waals surface area contributed by atoms with Crippen molar-refractivity contribution in [1.82, 2.24) is 0 Å². The van der Waals surface area contributed by atoms with Crippen LogP contribution in [0.5, 0.6) is 0 Å². The van der Waals surface area contributed by atoms with Gasteiger partial charge in [-0.15, -0.1) is 0 Å². The van der Waals surface area contributed by atoms with Crippen molar-refractivity contribution in [3.63, 3.8) is 0 Å². The lowest BCUT2D eigenvalue weighted by Crippen LogP contribution is -1.98. The summed E-state index contributed by atoms with van der Waals surface area (Å²) in [5, 5.41) is 2.90. The van der Waals surface area contributed by atoms with Crippen LogP contribution in [0.4, 0.5) is 10.1 Å². The molecular weight excluding hydrogens is 129 g/mol. The Hall–Kier alpha value is -1.05. The maximum atomic E-state index is 12.7. The van der Waals surface area contributed by atoms with Crippen LogP contribution in [0, 0.1) is 5.82 Å². The van der Waals surface area contributed by atoms with Crippen LogP contribution in [0.2, 0.25) is 0 Å². The van der Waals surface area contributed by atoms with Gasteiger partial charge in [-0.05, 0) is 19.1 Å². The average Bonchev–Trinajstić information content (AvgIpc) is 1.94. The molecule has 0 unspecified atom stereocenters. The molecule has 0 heterocycles. The molecule has 0 bridgehead atoms. The minimum Gasteiger partial charge on any atom is -0.383 e. The summed E-state index contributed by atoms with van der Waals surface area (Å²) in [4.78, 5) is 0. The molecule has 0 spiro atoms. The molecule has 1 nitrogen and oxygen atoms in total. The fourth-order valence-electron chi connectivity index (χ4n) is 0.795. The van der Waals surface area contributed by atoms with Gasteiger partial charge in [0.15, 0.2) is 0 Å². The topological polar surface area (TPSA) is 12.0 Å². The maximum Gasteiger partial charge on any atom is 0.146 e. The largest absolute Gasteiger partial charge is 0.383 e. The summed E-state index contributed by atoms with van der Waals surface area (Å²) >= 11 is 0. The first-order valence-electron chi connectivity index (χ1n) is 3.33. The molecule has 0 radical (unpaired) electrons. The SMILES string of the molecule is CCNc1ccccc1F.[HH]. The van der Waals surface area contributed by atoms with E-state index in [-0.39, 0.29) is 7.24 Å². The van der Waals surface area contributed by atoms with Gasteiger partial charge in [-0.3, -0.25) is 0 Å². The highest BCUT2D eigenvalue weighted by Gasteiger charge is 1.95. The van der Waals surface area contributed by atoms with Crippen molar-refractivity contribution in [2.45, 2.75) is 6.92 Å². The van der Waals surface area contributed by atoms with Crippen molar-refractivity contribution in [2.24, 2.45) is 0 Å². The van der Waals surface area contributed by atoms with Gasteiger partial charge >= 0.3 is 0 Å². The first-order valence-corrected chi connectivity index (χ1v) is 3.33. The lowest BCUT2D eigenvalue weighted by molar-refractivity contribution is 0.630. The number of halogens is 1. The molecule has 2 heteroatoms. The Kier molecular flexibility index (Phi) is 2.26. The van der Waals surface area contributed by atoms with Gasteiger partial charge in [-0.1, -0.05) is 12.1 Å². The zero-order chi connectivity index (χ0) is 7.40. The smallest absolute Gasteiger partial charge is 0.146 e. The molecule has 1 N–H and O–H groups in total. The van der Waals surface area contributed by atoms with Crippen LogP contribution >= 0.6 is 0 Å². The molecule has 10 heavy (non-hydrogen) atoms. The predicted molar refractivity (Wildman–Crippen MR) is 42.7 cm³/mol. The van der Waals surface area contributed by atoms with Crippen LogP contribution in [0.1, 0.15) is 8.35 Å². The molecule has 0 aliphatic rings. The van der Waals surface area contributed by atoms with Crippen LogP contribution in [-0.4, -0.2) is 6.54 Å². The highest BCUT2D eigenvalue weighted by molar-refractivity contribution is 5.43. The van der Waals surface area contributed by atoms with E-state index in [4.69, 9.17) is 0 Å². The Morgan fingerprint density at radius 3 is 2.80 bits per heavy atom. The number of hydrogen-bond donors (Lipinski definition) is 1. The van der Waals surface area contributed by atoms with Gasteiger partial charge in [0.2, 0.25) is 0 Å². The second-order valence-electron chi connectivity index (χ2n) is 2.01. The van der Waals surface area contributed by atoms with Gasteiger partial charge in [-0.2, -0.15) is 0 Å². The summed E-state index contributed by atoms with van der Waals surface area (Å²) in [5.74, 6) is -0.190. The third kappa shape index (κ3) is 1.47. The molecule has 1 aromatic rings. The van der Waals surface area contributed by atoms with Gasteiger partial charge in [0.25, 0.3) is 0 Å². The number of benzene rings is 1. The molecule has 56 valence electrons. The Labute approximate surface area is 61.4 Å². The van der Waals surface area contributed by atoms with Gasteiger partial charge in [0, 0.05) is 7.97 Å². The quantitative estimate of drug-likeness (QED) is 0.667. The molecule has 0 atom stereocenters. The Morgan fingerprint density at radius 2 is 2.20 bits per heavy atom. The van der Waals surface area contributed by atoms with Crippen molar-refractivity contribution in [1.29, 1.82) is 0 Å². The van der Waals surface area contributed by atoms with E-state index in [0.717, 1.165) is 6.54 Å². The van der Waals surface area contributed by atoms with E-state index in [1.165, 1.54) is 6.07 Å². The standard InChI is InChI=1S/C8H10FN.H2/c1-2-10-8-6-4-3-5-7(8)9;/h3-6,10H,2H2,1H3;1H. The van der Waals surface area contributed by atoms with E-state index in [2.05, 4.69) is 5.32 Å². The van der Waals surface area contributed by atoms with Crippen LogP contribution < -0.4 is 5.32 Å². The third-order valence-corrected chi connectivity index (χ3v) is 1.24. The lowest BCUT2D eigenvalue weighted by atomic mass is 10.3. The number of para-hydroxylation sites is 1. The molecular formula is C8H12FN. The molecule has 0 aromatic heterocycles.